The molecule has 1 atom stereocenters. The predicted molar refractivity (Wildman–Crippen MR) is 92.8 cm³/mol. The molecule has 0 spiro atoms. The lowest BCUT2D eigenvalue weighted by molar-refractivity contribution is 0.485. The standard InChI is InChI=1S/C16H13ClFN7O/c1-9(15-21-8-22-25(15)13-2-3-19-7-20-13)23-16-24-12-5-10(6-18)4-11(17)14(12)26-16/h2-5,7-9H,6H2,1H3,(H,23,24)/t9-/m0/s1. The van der Waals surface area contributed by atoms with Gasteiger partial charge in [-0.2, -0.15) is 14.8 Å². The summed E-state index contributed by atoms with van der Waals surface area (Å²) in [5.74, 6) is 1.20. The van der Waals surface area contributed by atoms with Gasteiger partial charge in [0.05, 0.1) is 11.1 Å². The topological polar surface area (TPSA) is 94.6 Å². The quantitative estimate of drug-likeness (QED) is 0.572. The maximum absolute atomic E-state index is 12.9. The number of oxazole rings is 1. The van der Waals surface area contributed by atoms with Crippen molar-refractivity contribution in [2.24, 2.45) is 0 Å². The van der Waals surface area contributed by atoms with Crippen LogP contribution in [0.1, 0.15) is 24.4 Å². The SMILES string of the molecule is C[C@H](Nc1nc2cc(CF)cc(Cl)c2o1)c1ncnn1-c1ccncn1. The molecule has 0 saturated carbocycles. The van der Waals surface area contributed by atoms with Crippen molar-refractivity contribution in [1.82, 2.24) is 29.7 Å². The molecule has 4 rings (SSSR count). The van der Waals surface area contributed by atoms with E-state index in [-0.39, 0.29) is 12.1 Å². The van der Waals surface area contributed by atoms with Gasteiger partial charge < -0.3 is 9.73 Å². The fourth-order valence-corrected chi connectivity index (χ4v) is 2.84. The van der Waals surface area contributed by atoms with Crippen molar-refractivity contribution in [3.8, 4) is 5.82 Å². The highest BCUT2D eigenvalue weighted by Crippen LogP contribution is 2.29. The highest BCUT2D eigenvalue weighted by molar-refractivity contribution is 6.34. The molecule has 10 heteroatoms. The zero-order valence-electron chi connectivity index (χ0n) is 13.6. The third-order valence-electron chi connectivity index (χ3n) is 3.74. The first-order chi connectivity index (χ1) is 12.7. The summed E-state index contributed by atoms with van der Waals surface area (Å²) in [5, 5.41) is 7.61. The Kier molecular flexibility index (Phi) is 4.21. The van der Waals surface area contributed by atoms with Gasteiger partial charge in [0, 0.05) is 12.3 Å². The fourth-order valence-electron chi connectivity index (χ4n) is 2.57. The molecule has 0 aliphatic heterocycles. The highest BCUT2D eigenvalue weighted by atomic mass is 35.5. The van der Waals surface area contributed by atoms with Gasteiger partial charge in [-0.1, -0.05) is 11.6 Å². The van der Waals surface area contributed by atoms with Crippen LogP contribution in [0.15, 0.2) is 41.5 Å². The van der Waals surface area contributed by atoms with E-state index in [1.165, 1.54) is 18.7 Å². The van der Waals surface area contributed by atoms with Gasteiger partial charge in [0.25, 0.3) is 6.01 Å². The van der Waals surface area contributed by atoms with E-state index in [1.807, 2.05) is 6.92 Å². The number of anilines is 1. The molecule has 26 heavy (non-hydrogen) atoms. The first-order valence-electron chi connectivity index (χ1n) is 7.73. The van der Waals surface area contributed by atoms with Crippen LogP contribution in [0.5, 0.6) is 0 Å². The van der Waals surface area contributed by atoms with Crippen LogP contribution in [0.25, 0.3) is 16.9 Å². The van der Waals surface area contributed by atoms with Gasteiger partial charge in [0.1, 0.15) is 24.8 Å². The van der Waals surface area contributed by atoms with E-state index in [0.717, 1.165) is 0 Å². The van der Waals surface area contributed by atoms with Crippen molar-refractivity contribution in [2.75, 3.05) is 5.32 Å². The van der Waals surface area contributed by atoms with Crippen LogP contribution in [-0.4, -0.2) is 29.7 Å². The molecule has 132 valence electrons. The lowest BCUT2D eigenvalue weighted by atomic mass is 10.2. The van der Waals surface area contributed by atoms with Crippen molar-refractivity contribution in [3.63, 3.8) is 0 Å². The van der Waals surface area contributed by atoms with Crippen LogP contribution in [-0.2, 0) is 6.67 Å². The minimum Gasteiger partial charge on any atom is -0.422 e. The van der Waals surface area contributed by atoms with Gasteiger partial charge >= 0.3 is 0 Å². The summed E-state index contributed by atoms with van der Waals surface area (Å²) in [4.78, 5) is 16.7. The van der Waals surface area contributed by atoms with Gasteiger partial charge in [0.15, 0.2) is 17.2 Å². The average Bonchev–Trinajstić information content (AvgIpc) is 3.29. The van der Waals surface area contributed by atoms with Gasteiger partial charge in [-0.15, -0.1) is 0 Å². The monoisotopic (exact) mass is 373 g/mol. The molecule has 1 aromatic carbocycles. The number of benzene rings is 1. The summed E-state index contributed by atoms with van der Waals surface area (Å²) in [6.07, 6.45) is 4.49. The summed E-state index contributed by atoms with van der Waals surface area (Å²) < 4.78 is 20.1. The summed E-state index contributed by atoms with van der Waals surface area (Å²) >= 11 is 6.13. The molecule has 0 bridgehead atoms. The fraction of sp³-hybridized carbons (Fsp3) is 0.188. The molecule has 0 saturated heterocycles. The van der Waals surface area contributed by atoms with E-state index in [1.54, 1.807) is 23.0 Å². The second kappa shape index (κ2) is 6.68. The lowest BCUT2D eigenvalue weighted by Gasteiger charge is -2.12. The number of halogens is 2. The molecule has 3 aromatic heterocycles. The first kappa shape index (κ1) is 16.4. The Morgan fingerprint density at radius 1 is 1.31 bits per heavy atom. The molecule has 1 N–H and O–H groups in total. The van der Waals surface area contributed by atoms with Crippen molar-refractivity contribution >= 4 is 28.7 Å². The van der Waals surface area contributed by atoms with E-state index in [0.29, 0.717) is 33.3 Å². The van der Waals surface area contributed by atoms with Crippen molar-refractivity contribution in [2.45, 2.75) is 19.6 Å². The molecule has 0 amide bonds. The van der Waals surface area contributed by atoms with E-state index < -0.39 is 6.67 Å². The number of hydrogen-bond donors (Lipinski definition) is 1. The number of fused-ring (bicyclic) bond motifs is 1. The lowest BCUT2D eigenvalue weighted by Crippen LogP contribution is -2.14. The van der Waals surface area contributed by atoms with Crippen LogP contribution in [0.4, 0.5) is 10.4 Å². The molecular weight excluding hydrogens is 361 g/mol. The van der Waals surface area contributed by atoms with Crippen LogP contribution >= 0.6 is 11.6 Å². The molecule has 0 aliphatic carbocycles. The number of nitrogens with zero attached hydrogens (tertiary/aromatic N) is 6. The average molecular weight is 374 g/mol. The number of aromatic nitrogens is 6. The van der Waals surface area contributed by atoms with Gasteiger partial charge in [-0.05, 0) is 24.6 Å². The largest absolute Gasteiger partial charge is 0.422 e. The Balaban J connectivity index is 1.63. The van der Waals surface area contributed by atoms with Crippen LogP contribution < -0.4 is 5.32 Å². The van der Waals surface area contributed by atoms with E-state index >= 15 is 0 Å². The van der Waals surface area contributed by atoms with Crippen molar-refractivity contribution in [3.05, 3.63) is 53.5 Å². The molecule has 0 fully saturated rings. The second-order valence-corrected chi connectivity index (χ2v) is 5.95. The summed E-state index contributed by atoms with van der Waals surface area (Å²) in [6.45, 7) is 1.26. The Morgan fingerprint density at radius 3 is 2.96 bits per heavy atom. The minimum absolute atomic E-state index is 0.252. The maximum Gasteiger partial charge on any atom is 0.296 e. The van der Waals surface area contributed by atoms with E-state index in [9.17, 15) is 4.39 Å². The first-order valence-corrected chi connectivity index (χ1v) is 8.11. The molecule has 4 aromatic rings. The zero-order chi connectivity index (χ0) is 18.1. The maximum atomic E-state index is 12.9. The Hall–Kier alpha value is -3.07. The van der Waals surface area contributed by atoms with Crippen molar-refractivity contribution in [1.29, 1.82) is 0 Å². The predicted octanol–water partition coefficient (Wildman–Crippen LogP) is 3.49. The third kappa shape index (κ3) is 2.97. The van der Waals surface area contributed by atoms with Crippen LogP contribution in [0, 0.1) is 0 Å². The van der Waals surface area contributed by atoms with Gasteiger partial charge in [0.2, 0.25) is 0 Å². The smallest absolute Gasteiger partial charge is 0.296 e. The molecule has 0 radical (unpaired) electrons. The highest BCUT2D eigenvalue weighted by Gasteiger charge is 2.18. The van der Waals surface area contributed by atoms with Gasteiger partial charge in [-0.3, -0.25) is 0 Å². The van der Waals surface area contributed by atoms with Crippen LogP contribution in [0.2, 0.25) is 5.02 Å². The number of alkyl halides is 1. The van der Waals surface area contributed by atoms with E-state index in [4.69, 9.17) is 16.0 Å². The Morgan fingerprint density at radius 2 is 2.19 bits per heavy atom. The minimum atomic E-state index is -0.621. The van der Waals surface area contributed by atoms with Gasteiger partial charge in [-0.25, -0.2) is 19.3 Å². The molecule has 8 nitrogen and oxygen atoms in total. The summed E-state index contributed by atoms with van der Waals surface area (Å²) in [6, 6.07) is 4.81. The second-order valence-electron chi connectivity index (χ2n) is 5.54. The van der Waals surface area contributed by atoms with Crippen molar-refractivity contribution < 1.29 is 8.81 Å². The normalized spacial score (nSPS) is 12.4. The van der Waals surface area contributed by atoms with E-state index in [2.05, 4.69) is 30.4 Å². The summed E-state index contributed by atoms with van der Waals surface area (Å²) in [7, 11) is 0. The molecule has 0 unspecified atom stereocenters. The third-order valence-corrected chi connectivity index (χ3v) is 4.02. The number of rotatable bonds is 5. The number of nitrogens with one attached hydrogen (secondary N) is 1. The molecule has 3 heterocycles. The zero-order valence-corrected chi connectivity index (χ0v) is 14.4. The number of hydrogen-bond acceptors (Lipinski definition) is 7. The van der Waals surface area contributed by atoms with Crippen LogP contribution in [0.3, 0.4) is 0 Å². The molecule has 0 aliphatic rings. The Bertz CT molecular complexity index is 1050. The molecular formula is C16H13ClFN7O. The Labute approximate surface area is 152 Å². The summed E-state index contributed by atoms with van der Waals surface area (Å²) in [5.41, 5.74) is 1.33.